The van der Waals surface area contributed by atoms with Crippen molar-refractivity contribution in [1.29, 1.82) is 0 Å². The van der Waals surface area contributed by atoms with Crippen LogP contribution >= 0.6 is 0 Å². The van der Waals surface area contributed by atoms with E-state index in [-0.39, 0.29) is 6.09 Å². The number of benzene rings is 1. The first kappa shape index (κ1) is 18.3. The number of amides is 1. The van der Waals surface area contributed by atoms with Gasteiger partial charge < -0.3 is 19.0 Å². The first-order chi connectivity index (χ1) is 13.4. The van der Waals surface area contributed by atoms with Crippen molar-refractivity contribution in [3.05, 3.63) is 48.7 Å². The quantitative estimate of drug-likeness (QED) is 0.654. The predicted molar refractivity (Wildman–Crippen MR) is 109 cm³/mol. The molecule has 1 amide bonds. The standard InChI is InChI=1S/C22H25N3O3/c1-22(2,3)28-21(26)25-14-12-24(13-15-25)20-18(16-8-5-4-6-9-16)17-10-7-11-23-19(17)27-20/h4-11H,12-15H2,1-3H3. The number of anilines is 1. The van der Waals surface area contributed by atoms with Gasteiger partial charge in [0.1, 0.15) is 5.60 Å². The van der Waals surface area contributed by atoms with E-state index in [0.717, 1.165) is 22.4 Å². The second kappa shape index (κ2) is 7.19. The molecule has 0 N–H and O–H groups in total. The Labute approximate surface area is 164 Å². The highest BCUT2D eigenvalue weighted by atomic mass is 16.6. The fourth-order valence-electron chi connectivity index (χ4n) is 3.45. The minimum Gasteiger partial charge on any atom is -0.444 e. The van der Waals surface area contributed by atoms with Crippen LogP contribution in [0.15, 0.2) is 53.1 Å². The van der Waals surface area contributed by atoms with Gasteiger partial charge in [-0.3, -0.25) is 0 Å². The summed E-state index contributed by atoms with van der Waals surface area (Å²) in [5.41, 5.74) is 2.29. The summed E-state index contributed by atoms with van der Waals surface area (Å²) >= 11 is 0. The van der Waals surface area contributed by atoms with E-state index in [9.17, 15) is 4.79 Å². The van der Waals surface area contributed by atoms with Crippen LogP contribution in [0, 0.1) is 0 Å². The van der Waals surface area contributed by atoms with Gasteiger partial charge in [0.25, 0.3) is 0 Å². The number of hydrogen-bond acceptors (Lipinski definition) is 5. The van der Waals surface area contributed by atoms with Crippen LogP contribution in [0.2, 0.25) is 0 Å². The zero-order valence-corrected chi connectivity index (χ0v) is 16.5. The molecule has 1 saturated heterocycles. The van der Waals surface area contributed by atoms with Gasteiger partial charge in [-0.25, -0.2) is 9.78 Å². The normalized spacial score (nSPS) is 15.1. The topological polar surface area (TPSA) is 58.8 Å². The fourth-order valence-corrected chi connectivity index (χ4v) is 3.45. The molecule has 0 saturated carbocycles. The molecular weight excluding hydrogens is 354 g/mol. The third-order valence-corrected chi connectivity index (χ3v) is 4.73. The van der Waals surface area contributed by atoms with Crippen LogP contribution < -0.4 is 4.90 Å². The van der Waals surface area contributed by atoms with E-state index < -0.39 is 5.60 Å². The van der Waals surface area contributed by atoms with Gasteiger partial charge in [0.05, 0.1) is 10.9 Å². The van der Waals surface area contributed by atoms with Crippen LogP contribution in [0.4, 0.5) is 10.7 Å². The van der Waals surface area contributed by atoms with Gasteiger partial charge >= 0.3 is 6.09 Å². The molecule has 1 fully saturated rings. The molecule has 0 spiro atoms. The molecule has 3 aromatic rings. The van der Waals surface area contributed by atoms with Gasteiger partial charge in [0.15, 0.2) is 0 Å². The summed E-state index contributed by atoms with van der Waals surface area (Å²) in [6.07, 6.45) is 1.48. The summed E-state index contributed by atoms with van der Waals surface area (Å²) in [5.74, 6) is 0.809. The van der Waals surface area contributed by atoms with Gasteiger partial charge in [0, 0.05) is 32.4 Å². The Kier molecular flexibility index (Phi) is 4.71. The number of piperazine rings is 1. The number of aromatic nitrogens is 1. The summed E-state index contributed by atoms with van der Waals surface area (Å²) in [6, 6.07) is 14.2. The van der Waals surface area contributed by atoms with E-state index >= 15 is 0 Å². The number of nitrogens with zero attached hydrogens (tertiary/aromatic N) is 3. The van der Waals surface area contributed by atoms with Crippen LogP contribution in [0.5, 0.6) is 0 Å². The van der Waals surface area contributed by atoms with Crippen molar-refractivity contribution in [2.24, 2.45) is 0 Å². The Hall–Kier alpha value is -3.02. The molecule has 4 rings (SSSR count). The number of carbonyl (C=O) groups excluding carboxylic acids is 1. The minimum absolute atomic E-state index is 0.262. The Morgan fingerprint density at radius 1 is 1.04 bits per heavy atom. The summed E-state index contributed by atoms with van der Waals surface area (Å²) in [5, 5.41) is 0.998. The summed E-state index contributed by atoms with van der Waals surface area (Å²) in [6.45, 7) is 8.19. The number of pyridine rings is 1. The molecule has 2 aromatic heterocycles. The SMILES string of the molecule is CC(C)(C)OC(=O)N1CCN(c2oc3ncccc3c2-c2ccccc2)CC1. The molecule has 0 radical (unpaired) electrons. The van der Waals surface area contributed by atoms with E-state index in [4.69, 9.17) is 9.15 Å². The number of ether oxygens (including phenoxy) is 1. The Morgan fingerprint density at radius 2 is 1.75 bits per heavy atom. The molecule has 3 heterocycles. The number of hydrogen-bond donors (Lipinski definition) is 0. The van der Waals surface area contributed by atoms with Crippen molar-refractivity contribution in [3.8, 4) is 11.1 Å². The van der Waals surface area contributed by atoms with Crippen molar-refractivity contribution in [3.63, 3.8) is 0 Å². The van der Waals surface area contributed by atoms with Crippen molar-refractivity contribution in [2.45, 2.75) is 26.4 Å². The van der Waals surface area contributed by atoms with Crippen molar-refractivity contribution in [2.75, 3.05) is 31.1 Å². The lowest BCUT2D eigenvalue weighted by atomic mass is 10.0. The first-order valence-electron chi connectivity index (χ1n) is 9.58. The monoisotopic (exact) mass is 379 g/mol. The number of fused-ring (bicyclic) bond motifs is 1. The molecule has 0 bridgehead atoms. The lowest BCUT2D eigenvalue weighted by Crippen LogP contribution is -2.50. The smallest absolute Gasteiger partial charge is 0.410 e. The first-order valence-corrected chi connectivity index (χ1v) is 9.58. The molecule has 1 aliphatic heterocycles. The lowest BCUT2D eigenvalue weighted by molar-refractivity contribution is 0.0239. The fraction of sp³-hybridized carbons (Fsp3) is 0.364. The maximum absolute atomic E-state index is 12.3. The Bertz CT molecular complexity index is 968. The minimum atomic E-state index is -0.487. The van der Waals surface area contributed by atoms with E-state index in [1.807, 2.05) is 51.1 Å². The molecule has 6 heteroatoms. The maximum Gasteiger partial charge on any atom is 0.410 e. The maximum atomic E-state index is 12.3. The van der Waals surface area contributed by atoms with Crippen molar-refractivity contribution in [1.82, 2.24) is 9.88 Å². The largest absolute Gasteiger partial charge is 0.444 e. The predicted octanol–water partition coefficient (Wildman–Crippen LogP) is 4.55. The van der Waals surface area contributed by atoms with Crippen molar-refractivity contribution < 1.29 is 13.9 Å². The van der Waals surface area contributed by atoms with Crippen molar-refractivity contribution >= 4 is 23.1 Å². The number of carbonyl (C=O) groups is 1. The second-order valence-corrected chi connectivity index (χ2v) is 7.96. The van der Waals surface area contributed by atoms with Crippen LogP contribution in [-0.4, -0.2) is 47.8 Å². The van der Waals surface area contributed by atoms with E-state index in [1.54, 1.807) is 11.1 Å². The van der Waals surface area contributed by atoms with Gasteiger partial charge in [-0.05, 0) is 38.5 Å². The van der Waals surface area contributed by atoms with E-state index in [0.29, 0.717) is 31.9 Å². The van der Waals surface area contributed by atoms with Gasteiger partial charge in [-0.2, -0.15) is 0 Å². The van der Waals surface area contributed by atoms with Gasteiger partial charge in [-0.15, -0.1) is 0 Å². The molecule has 1 aromatic carbocycles. The highest BCUT2D eigenvalue weighted by Crippen LogP contribution is 2.40. The van der Waals surface area contributed by atoms with Gasteiger partial charge in [0.2, 0.25) is 11.6 Å². The van der Waals surface area contributed by atoms with Crippen LogP contribution in [0.25, 0.3) is 22.2 Å². The molecular formula is C22H25N3O3. The molecule has 6 nitrogen and oxygen atoms in total. The average Bonchev–Trinajstić information content (AvgIpc) is 3.07. The zero-order chi connectivity index (χ0) is 19.7. The average molecular weight is 379 g/mol. The molecule has 146 valence electrons. The third kappa shape index (κ3) is 3.67. The molecule has 0 aliphatic carbocycles. The van der Waals surface area contributed by atoms with Gasteiger partial charge in [-0.1, -0.05) is 30.3 Å². The summed E-state index contributed by atoms with van der Waals surface area (Å²) < 4.78 is 11.6. The van der Waals surface area contributed by atoms with Crippen LogP contribution in [0.1, 0.15) is 20.8 Å². The molecule has 0 unspecified atom stereocenters. The molecule has 28 heavy (non-hydrogen) atoms. The Balaban J connectivity index is 1.60. The highest BCUT2D eigenvalue weighted by Gasteiger charge is 2.29. The molecule has 0 atom stereocenters. The highest BCUT2D eigenvalue weighted by molar-refractivity contribution is 5.99. The molecule has 1 aliphatic rings. The van der Waals surface area contributed by atoms with E-state index in [2.05, 4.69) is 22.0 Å². The second-order valence-electron chi connectivity index (χ2n) is 7.96. The number of furan rings is 1. The van der Waals surface area contributed by atoms with Crippen LogP contribution in [-0.2, 0) is 4.74 Å². The Morgan fingerprint density at radius 3 is 2.43 bits per heavy atom. The summed E-state index contributed by atoms with van der Waals surface area (Å²) in [4.78, 5) is 20.7. The summed E-state index contributed by atoms with van der Waals surface area (Å²) in [7, 11) is 0. The van der Waals surface area contributed by atoms with E-state index in [1.165, 1.54) is 0 Å². The lowest BCUT2D eigenvalue weighted by Gasteiger charge is -2.35. The number of rotatable bonds is 2. The third-order valence-electron chi connectivity index (χ3n) is 4.73. The zero-order valence-electron chi connectivity index (χ0n) is 16.5. The van der Waals surface area contributed by atoms with Crippen LogP contribution in [0.3, 0.4) is 0 Å².